The fraction of sp³-hybridized carbons (Fsp3) is 0.636. The Bertz CT molecular complexity index is 429. The number of alkyl halides is 3. The number of carbonyl (C=O) groups excluding carboxylic acids is 1. The zero-order chi connectivity index (χ0) is 14.6. The Morgan fingerprint density at radius 1 is 1.42 bits per heavy atom. The Morgan fingerprint density at radius 3 is 2.26 bits per heavy atom. The van der Waals surface area contributed by atoms with Crippen molar-refractivity contribution in [2.45, 2.75) is 26.1 Å². The minimum atomic E-state index is -4.32. The first-order valence-corrected chi connectivity index (χ1v) is 5.72. The average Bonchev–Trinajstić information content (AvgIpc) is 2.86. The predicted octanol–water partition coefficient (Wildman–Crippen LogP) is 2.29. The summed E-state index contributed by atoms with van der Waals surface area (Å²) in [5.74, 6) is 0. The fourth-order valence-corrected chi connectivity index (χ4v) is 1.44. The molecule has 0 bridgehead atoms. The van der Waals surface area contributed by atoms with E-state index in [9.17, 15) is 18.0 Å². The molecule has 1 saturated heterocycles. The Balaban J connectivity index is 0.000000191. The van der Waals surface area contributed by atoms with Gasteiger partial charge in [-0.05, 0) is 19.9 Å². The third-order valence-electron chi connectivity index (χ3n) is 2.42. The van der Waals surface area contributed by atoms with Crippen molar-refractivity contribution in [3.63, 3.8) is 0 Å². The van der Waals surface area contributed by atoms with Crippen molar-refractivity contribution in [3.8, 4) is 0 Å². The number of halogens is 3. The van der Waals surface area contributed by atoms with Crippen LogP contribution >= 0.6 is 0 Å². The van der Waals surface area contributed by atoms with Gasteiger partial charge in [-0.3, -0.25) is 4.68 Å². The van der Waals surface area contributed by atoms with Gasteiger partial charge in [0.15, 0.2) is 5.69 Å². The van der Waals surface area contributed by atoms with Gasteiger partial charge in [-0.25, -0.2) is 4.79 Å². The molecular weight excluding hydrogens is 263 g/mol. The summed E-state index contributed by atoms with van der Waals surface area (Å²) in [7, 11) is 1.44. The van der Waals surface area contributed by atoms with Crippen LogP contribution in [0, 0.1) is 0 Å². The van der Waals surface area contributed by atoms with E-state index in [0.29, 0.717) is 6.61 Å². The molecule has 1 aromatic rings. The molecule has 0 saturated carbocycles. The molecule has 0 N–H and O–H groups in total. The molecule has 1 amide bonds. The highest BCUT2D eigenvalue weighted by Gasteiger charge is 2.33. The molecule has 2 rings (SSSR count). The zero-order valence-corrected chi connectivity index (χ0v) is 10.9. The number of aromatic nitrogens is 2. The molecule has 0 unspecified atom stereocenters. The summed E-state index contributed by atoms with van der Waals surface area (Å²) >= 11 is 0. The van der Waals surface area contributed by atoms with Gasteiger partial charge in [0.05, 0.1) is 6.54 Å². The average molecular weight is 279 g/mol. The fourth-order valence-electron chi connectivity index (χ4n) is 1.44. The summed E-state index contributed by atoms with van der Waals surface area (Å²) in [6.45, 7) is 5.26. The molecule has 2 heterocycles. The molecule has 1 fully saturated rings. The summed E-state index contributed by atoms with van der Waals surface area (Å²) < 4.78 is 41.0. The third-order valence-corrected chi connectivity index (χ3v) is 2.42. The molecule has 0 atom stereocenters. The van der Waals surface area contributed by atoms with Crippen LogP contribution < -0.4 is 0 Å². The lowest BCUT2D eigenvalue weighted by atomic mass is 10.3. The zero-order valence-electron chi connectivity index (χ0n) is 10.9. The van der Waals surface area contributed by atoms with E-state index in [2.05, 4.69) is 5.10 Å². The van der Waals surface area contributed by atoms with E-state index in [1.54, 1.807) is 4.90 Å². The van der Waals surface area contributed by atoms with E-state index in [0.717, 1.165) is 17.3 Å². The van der Waals surface area contributed by atoms with Gasteiger partial charge < -0.3 is 9.64 Å². The monoisotopic (exact) mass is 279 g/mol. The number of amides is 1. The number of hydrogen-bond donors (Lipinski definition) is 0. The van der Waals surface area contributed by atoms with Gasteiger partial charge in [0.25, 0.3) is 0 Å². The van der Waals surface area contributed by atoms with Crippen molar-refractivity contribution in [2.24, 2.45) is 7.05 Å². The minimum Gasteiger partial charge on any atom is -0.448 e. The Morgan fingerprint density at radius 2 is 2.05 bits per heavy atom. The lowest BCUT2D eigenvalue weighted by Crippen LogP contribution is -2.31. The van der Waals surface area contributed by atoms with Gasteiger partial charge >= 0.3 is 12.3 Å². The van der Waals surface area contributed by atoms with Crippen LogP contribution in [-0.2, 0) is 18.0 Å². The van der Waals surface area contributed by atoms with E-state index >= 15 is 0 Å². The Kier molecular flexibility index (Phi) is 4.79. The van der Waals surface area contributed by atoms with Crippen LogP contribution in [0.4, 0.5) is 18.0 Å². The summed E-state index contributed by atoms with van der Waals surface area (Å²) in [5, 5.41) is 3.17. The maximum atomic E-state index is 11.7. The quantitative estimate of drug-likeness (QED) is 0.792. The number of carbonyl (C=O) groups is 1. The van der Waals surface area contributed by atoms with Crippen LogP contribution in [0.3, 0.4) is 0 Å². The second kappa shape index (κ2) is 5.94. The summed E-state index contributed by atoms with van der Waals surface area (Å²) in [4.78, 5) is 12.4. The second-order valence-corrected chi connectivity index (χ2v) is 4.27. The topological polar surface area (TPSA) is 47.4 Å². The molecule has 1 aliphatic heterocycles. The maximum absolute atomic E-state index is 11.7. The maximum Gasteiger partial charge on any atom is 0.435 e. The molecule has 1 aliphatic rings. The standard InChI is InChI=1S/C6H11NO2.C5H5F3N2/c1-5(2)7-3-4-9-6(7)8;1-10-3-2-4(9-10)5(6,7)8/h5H,3-4H2,1-2H3;2-3H,1H3. The van der Waals surface area contributed by atoms with Gasteiger partial charge in [-0.2, -0.15) is 18.3 Å². The SMILES string of the molecule is CC(C)N1CCOC1=O.Cn1ccc(C(F)(F)F)n1. The van der Waals surface area contributed by atoms with Crippen molar-refractivity contribution in [1.82, 2.24) is 14.7 Å². The highest BCUT2D eigenvalue weighted by atomic mass is 19.4. The van der Waals surface area contributed by atoms with Crippen molar-refractivity contribution in [3.05, 3.63) is 18.0 Å². The van der Waals surface area contributed by atoms with Crippen LogP contribution in [-0.4, -0.2) is 40.0 Å². The molecule has 0 radical (unpaired) electrons. The van der Waals surface area contributed by atoms with Crippen LogP contribution in [0.5, 0.6) is 0 Å². The van der Waals surface area contributed by atoms with E-state index in [4.69, 9.17) is 4.74 Å². The van der Waals surface area contributed by atoms with E-state index in [1.165, 1.54) is 13.2 Å². The van der Waals surface area contributed by atoms with E-state index in [-0.39, 0.29) is 12.1 Å². The van der Waals surface area contributed by atoms with Crippen LogP contribution in [0.15, 0.2) is 12.3 Å². The molecule has 1 aromatic heterocycles. The van der Waals surface area contributed by atoms with Gasteiger partial charge in [-0.1, -0.05) is 0 Å². The molecule has 8 heteroatoms. The van der Waals surface area contributed by atoms with E-state index in [1.807, 2.05) is 13.8 Å². The number of nitrogens with zero attached hydrogens (tertiary/aromatic N) is 3. The Hall–Kier alpha value is -1.73. The molecule has 0 aromatic carbocycles. The first-order valence-electron chi connectivity index (χ1n) is 5.72. The minimum absolute atomic E-state index is 0.176. The van der Waals surface area contributed by atoms with Gasteiger partial charge in [0.2, 0.25) is 0 Å². The van der Waals surface area contributed by atoms with Crippen molar-refractivity contribution in [1.29, 1.82) is 0 Å². The van der Waals surface area contributed by atoms with E-state index < -0.39 is 11.9 Å². The molecule has 108 valence electrons. The lowest BCUT2D eigenvalue weighted by molar-refractivity contribution is -0.141. The smallest absolute Gasteiger partial charge is 0.435 e. The van der Waals surface area contributed by atoms with Crippen molar-refractivity contribution < 1.29 is 22.7 Å². The summed E-state index contributed by atoms with van der Waals surface area (Å²) in [6, 6.07) is 1.21. The highest BCUT2D eigenvalue weighted by Crippen LogP contribution is 2.26. The van der Waals surface area contributed by atoms with Gasteiger partial charge in [-0.15, -0.1) is 0 Å². The number of rotatable bonds is 1. The lowest BCUT2D eigenvalue weighted by Gasteiger charge is -2.15. The summed E-state index contributed by atoms with van der Waals surface area (Å²) in [6.07, 6.45) is -3.24. The number of aryl methyl sites for hydroxylation is 1. The third kappa shape index (κ3) is 4.46. The molecule has 19 heavy (non-hydrogen) atoms. The first-order chi connectivity index (χ1) is 8.71. The van der Waals surface area contributed by atoms with Gasteiger partial charge in [0, 0.05) is 19.3 Å². The Labute approximate surface area is 108 Å². The van der Waals surface area contributed by atoms with Crippen LogP contribution in [0.25, 0.3) is 0 Å². The number of hydrogen-bond acceptors (Lipinski definition) is 3. The van der Waals surface area contributed by atoms with Crippen LogP contribution in [0.1, 0.15) is 19.5 Å². The molecule has 0 spiro atoms. The number of cyclic esters (lactones) is 1. The van der Waals surface area contributed by atoms with Gasteiger partial charge in [0.1, 0.15) is 6.61 Å². The normalized spacial score (nSPS) is 15.3. The summed E-state index contributed by atoms with van der Waals surface area (Å²) in [5.41, 5.74) is -0.852. The van der Waals surface area contributed by atoms with Crippen molar-refractivity contribution in [2.75, 3.05) is 13.2 Å². The van der Waals surface area contributed by atoms with Crippen molar-refractivity contribution >= 4 is 6.09 Å². The molecule has 0 aliphatic carbocycles. The molecule has 5 nitrogen and oxygen atoms in total. The second-order valence-electron chi connectivity index (χ2n) is 4.27. The molecular formula is C11H16F3N3O2. The first kappa shape index (κ1) is 15.3. The largest absolute Gasteiger partial charge is 0.448 e. The van der Waals surface area contributed by atoms with Crippen LogP contribution in [0.2, 0.25) is 0 Å². The number of ether oxygens (including phenoxy) is 1. The highest BCUT2D eigenvalue weighted by molar-refractivity contribution is 5.69. The predicted molar refractivity (Wildman–Crippen MR) is 61.4 cm³/mol.